The number of imidazole rings is 1. The summed E-state index contributed by atoms with van der Waals surface area (Å²) >= 11 is 5.97. The predicted octanol–water partition coefficient (Wildman–Crippen LogP) is 5.36. The van der Waals surface area contributed by atoms with Crippen molar-refractivity contribution in [2.24, 2.45) is 5.92 Å². The fourth-order valence-corrected chi connectivity index (χ4v) is 4.16. The van der Waals surface area contributed by atoms with Gasteiger partial charge in [-0.1, -0.05) is 17.7 Å². The lowest BCUT2D eigenvalue weighted by Crippen LogP contribution is -2.29. The van der Waals surface area contributed by atoms with E-state index in [1.165, 1.54) is 43.3 Å². The van der Waals surface area contributed by atoms with E-state index in [1.807, 2.05) is 24.3 Å². The van der Waals surface area contributed by atoms with Crippen LogP contribution in [-0.2, 0) is 13.2 Å². The summed E-state index contributed by atoms with van der Waals surface area (Å²) in [6.07, 6.45) is 5.08. The SMILES string of the molecule is Cc1ccc2nc(COc3ccc(Cl)cc3)n(CCCC3CCCNC3)c2c1. The number of hydrogen-bond donors (Lipinski definition) is 1. The number of rotatable bonds is 7. The van der Waals surface area contributed by atoms with Crippen LogP contribution in [0.4, 0.5) is 0 Å². The summed E-state index contributed by atoms with van der Waals surface area (Å²) in [6.45, 7) is 5.91. The van der Waals surface area contributed by atoms with Gasteiger partial charge < -0.3 is 14.6 Å². The van der Waals surface area contributed by atoms with E-state index in [1.54, 1.807) is 0 Å². The summed E-state index contributed by atoms with van der Waals surface area (Å²) in [5, 5.41) is 4.24. The van der Waals surface area contributed by atoms with E-state index in [9.17, 15) is 0 Å². The van der Waals surface area contributed by atoms with E-state index in [-0.39, 0.29) is 0 Å². The van der Waals surface area contributed by atoms with Crippen LogP contribution in [0, 0.1) is 12.8 Å². The molecule has 28 heavy (non-hydrogen) atoms. The Bertz CT molecular complexity index is 913. The van der Waals surface area contributed by atoms with E-state index < -0.39 is 0 Å². The highest BCUT2D eigenvalue weighted by molar-refractivity contribution is 6.30. The first kappa shape index (κ1) is 19.3. The zero-order valence-corrected chi connectivity index (χ0v) is 17.2. The van der Waals surface area contributed by atoms with Gasteiger partial charge in [0.1, 0.15) is 18.2 Å². The molecule has 5 heteroatoms. The number of aromatic nitrogens is 2. The van der Waals surface area contributed by atoms with Crippen molar-refractivity contribution in [3.8, 4) is 5.75 Å². The first-order valence-corrected chi connectivity index (χ1v) is 10.6. The third-order valence-electron chi connectivity index (χ3n) is 5.56. The zero-order chi connectivity index (χ0) is 19.3. The molecule has 1 saturated heterocycles. The van der Waals surface area contributed by atoms with Crippen LogP contribution in [0.1, 0.15) is 37.1 Å². The van der Waals surface area contributed by atoms with Crippen LogP contribution in [0.3, 0.4) is 0 Å². The molecule has 4 nitrogen and oxygen atoms in total. The standard InChI is InChI=1S/C23H28ClN3O/c1-17-6-11-21-22(14-17)27(13-3-5-18-4-2-12-25-15-18)23(26-21)16-28-20-9-7-19(24)8-10-20/h6-11,14,18,25H,2-5,12-13,15-16H2,1H3. The van der Waals surface area contributed by atoms with Gasteiger partial charge in [-0.2, -0.15) is 0 Å². The van der Waals surface area contributed by atoms with E-state index >= 15 is 0 Å². The van der Waals surface area contributed by atoms with Crippen molar-refractivity contribution in [2.45, 2.75) is 45.8 Å². The molecular formula is C23H28ClN3O. The Morgan fingerprint density at radius 3 is 2.86 bits per heavy atom. The minimum Gasteiger partial charge on any atom is -0.486 e. The molecule has 0 amide bonds. The molecule has 1 N–H and O–H groups in total. The molecule has 0 aliphatic carbocycles. The first-order chi connectivity index (χ1) is 13.7. The maximum atomic E-state index is 5.99. The largest absolute Gasteiger partial charge is 0.486 e. The van der Waals surface area contributed by atoms with Crippen molar-refractivity contribution in [3.05, 3.63) is 58.9 Å². The van der Waals surface area contributed by atoms with Gasteiger partial charge >= 0.3 is 0 Å². The molecule has 0 spiro atoms. The lowest BCUT2D eigenvalue weighted by Gasteiger charge is -2.22. The summed E-state index contributed by atoms with van der Waals surface area (Å²) in [6, 6.07) is 14.0. The Labute approximate surface area is 171 Å². The molecule has 1 aromatic heterocycles. The summed E-state index contributed by atoms with van der Waals surface area (Å²) in [4.78, 5) is 4.85. The molecule has 1 fully saturated rings. The Hall–Kier alpha value is -2.04. The average molecular weight is 398 g/mol. The van der Waals surface area contributed by atoms with Crippen LogP contribution < -0.4 is 10.1 Å². The van der Waals surface area contributed by atoms with Crippen LogP contribution >= 0.6 is 11.6 Å². The smallest absolute Gasteiger partial charge is 0.147 e. The zero-order valence-electron chi connectivity index (χ0n) is 16.5. The first-order valence-electron chi connectivity index (χ1n) is 10.2. The molecule has 2 heterocycles. The topological polar surface area (TPSA) is 39.1 Å². The average Bonchev–Trinajstić information content (AvgIpc) is 3.05. The van der Waals surface area contributed by atoms with Crippen LogP contribution in [0.5, 0.6) is 5.75 Å². The minimum atomic E-state index is 0.459. The number of fused-ring (bicyclic) bond motifs is 1. The predicted molar refractivity (Wildman–Crippen MR) is 115 cm³/mol. The Morgan fingerprint density at radius 1 is 1.21 bits per heavy atom. The van der Waals surface area contributed by atoms with Crippen molar-refractivity contribution >= 4 is 22.6 Å². The van der Waals surface area contributed by atoms with Crippen molar-refractivity contribution in [2.75, 3.05) is 13.1 Å². The third kappa shape index (κ3) is 4.68. The fraction of sp³-hybridized carbons (Fsp3) is 0.435. The monoisotopic (exact) mass is 397 g/mol. The third-order valence-corrected chi connectivity index (χ3v) is 5.81. The highest BCUT2D eigenvalue weighted by atomic mass is 35.5. The lowest BCUT2D eigenvalue weighted by molar-refractivity contribution is 0.287. The number of nitrogens with one attached hydrogen (secondary N) is 1. The molecule has 2 aromatic carbocycles. The van der Waals surface area contributed by atoms with Gasteiger partial charge in [0, 0.05) is 11.6 Å². The molecule has 1 aliphatic rings. The van der Waals surface area contributed by atoms with Gasteiger partial charge in [-0.05, 0) is 93.6 Å². The van der Waals surface area contributed by atoms with Crippen LogP contribution in [0.15, 0.2) is 42.5 Å². The molecule has 1 atom stereocenters. The summed E-state index contributed by atoms with van der Waals surface area (Å²) in [5.41, 5.74) is 3.51. The van der Waals surface area contributed by atoms with Crippen molar-refractivity contribution in [3.63, 3.8) is 0 Å². The molecular weight excluding hydrogens is 370 g/mol. The molecule has 0 bridgehead atoms. The Kier molecular flexibility index (Phi) is 6.18. The van der Waals surface area contributed by atoms with Gasteiger partial charge in [0.15, 0.2) is 0 Å². The van der Waals surface area contributed by atoms with Gasteiger partial charge in [-0.25, -0.2) is 4.98 Å². The number of hydrogen-bond acceptors (Lipinski definition) is 3. The summed E-state index contributed by atoms with van der Waals surface area (Å²) in [5.74, 6) is 2.60. The van der Waals surface area contributed by atoms with Gasteiger partial charge in [0.25, 0.3) is 0 Å². The molecule has 4 rings (SSSR count). The van der Waals surface area contributed by atoms with Crippen molar-refractivity contribution in [1.29, 1.82) is 0 Å². The summed E-state index contributed by atoms with van der Waals surface area (Å²) in [7, 11) is 0. The van der Waals surface area contributed by atoms with Crippen molar-refractivity contribution in [1.82, 2.24) is 14.9 Å². The quantitative estimate of drug-likeness (QED) is 0.583. The lowest BCUT2D eigenvalue weighted by atomic mass is 9.95. The number of aryl methyl sites for hydroxylation is 2. The highest BCUT2D eigenvalue weighted by Crippen LogP contribution is 2.23. The molecule has 0 radical (unpaired) electrons. The van der Waals surface area contributed by atoms with Crippen LogP contribution in [0.2, 0.25) is 5.02 Å². The second-order valence-electron chi connectivity index (χ2n) is 7.77. The number of piperidine rings is 1. The normalized spacial score (nSPS) is 17.1. The summed E-state index contributed by atoms with van der Waals surface area (Å²) < 4.78 is 8.33. The molecule has 1 unspecified atom stereocenters. The molecule has 148 valence electrons. The number of benzene rings is 2. The highest BCUT2D eigenvalue weighted by Gasteiger charge is 2.15. The van der Waals surface area contributed by atoms with Gasteiger partial charge in [-0.3, -0.25) is 0 Å². The second-order valence-corrected chi connectivity index (χ2v) is 8.21. The molecule has 3 aromatic rings. The number of nitrogens with zero attached hydrogens (tertiary/aromatic N) is 2. The molecule has 0 saturated carbocycles. The Balaban J connectivity index is 1.49. The van der Waals surface area contributed by atoms with Gasteiger partial charge in [-0.15, -0.1) is 0 Å². The molecule has 1 aliphatic heterocycles. The van der Waals surface area contributed by atoms with E-state index in [2.05, 4.69) is 35.0 Å². The Morgan fingerprint density at radius 2 is 2.07 bits per heavy atom. The van der Waals surface area contributed by atoms with Crippen LogP contribution in [-0.4, -0.2) is 22.6 Å². The van der Waals surface area contributed by atoms with Crippen LogP contribution in [0.25, 0.3) is 11.0 Å². The minimum absolute atomic E-state index is 0.459. The number of halogens is 1. The van der Waals surface area contributed by atoms with Gasteiger partial charge in [0.2, 0.25) is 0 Å². The van der Waals surface area contributed by atoms with E-state index in [0.717, 1.165) is 36.1 Å². The fourth-order valence-electron chi connectivity index (χ4n) is 4.03. The second kappa shape index (κ2) is 8.97. The van der Waals surface area contributed by atoms with Gasteiger partial charge in [0.05, 0.1) is 11.0 Å². The maximum Gasteiger partial charge on any atom is 0.147 e. The van der Waals surface area contributed by atoms with E-state index in [4.69, 9.17) is 21.3 Å². The van der Waals surface area contributed by atoms with Crippen molar-refractivity contribution < 1.29 is 4.74 Å². The number of ether oxygens (including phenoxy) is 1. The van der Waals surface area contributed by atoms with E-state index in [0.29, 0.717) is 11.6 Å². The maximum absolute atomic E-state index is 5.99.